The lowest BCUT2D eigenvalue weighted by atomic mass is 10.2. The molecular formula is C24H28N6O3. The fourth-order valence-corrected chi connectivity index (χ4v) is 3.22. The number of aromatic nitrogens is 2. The first-order valence-electron chi connectivity index (χ1n) is 10.4. The van der Waals surface area contributed by atoms with E-state index in [0.717, 1.165) is 22.7 Å². The molecule has 2 heterocycles. The van der Waals surface area contributed by atoms with Gasteiger partial charge in [-0.05, 0) is 62.5 Å². The van der Waals surface area contributed by atoms with Crippen LogP contribution in [-0.4, -0.2) is 53.3 Å². The standard InChI is InChI=1S/C24H28N6O3/c1-16-13-18(6-8-21(16)33-19-7-5-17(2)28-14-19)29-24(26-4)23-20(25-3)9-11-30(23)15-22(32)27-10-12-31/h5-9,11,13-14,31H,3,10,12,15H2,1-2,4H3,(H,26,29)(H,27,32). The number of hydrogen-bond donors (Lipinski definition) is 3. The lowest BCUT2D eigenvalue weighted by Gasteiger charge is -2.15. The van der Waals surface area contributed by atoms with Gasteiger partial charge in [0.2, 0.25) is 5.91 Å². The molecule has 172 valence electrons. The molecule has 0 spiro atoms. The van der Waals surface area contributed by atoms with Crippen LogP contribution in [0.5, 0.6) is 11.5 Å². The van der Waals surface area contributed by atoms with Crippen molar-refractivity contribution in [2.75, 3.05) is 25.5 Å². The van der Waals surface area contributed by atoms with Crippen LogP contribution in [0.15, 0.2) is 58.8 Å². The van der Waals surface area contributed by atoms with Crippen LogP contribution >= 0.6 is 0 Å². The summed E-state index contributed by atoms with van der Waals surface area (Å²) < 4.78 is 7.68. The molecule has 0 fully saturated rings. The van der Waals surface area contributed by atoms with Gasteiger partial charge in [0.1, 0.15) is 23.7 Å². The van der Waals surface area contributed by atoms with Crippen molar-refractivity contribution in [3.8, 4) is 11.5 Å². The Bertz CT molecular complexity index is 1150. The van der Waals surface area contributed by atoms with Gasteiger partial charge < -0.3 is 25.0 Å². The largest absolute Gasteiger partial charge is 0.455 e. The molecule has 3 rings (SSSR count). The smallest absolute Gasteiger partial charge is 0.240 e. The van der Waals surface area contributed by atoms with Crippen LogP contribution in [0.2, 0.25) is 0 Å². The number of aliphatic imine (C=N–C) groups is 2. The summed E-state index contributed by atoms with van der Waals surface area (Å²) >= 11 is 0. The molecule has 0 unspecified atom stereocenters. The Morgan fingerprint density at radius 3 is 2.70 bits per heavy atom. The molecule has 0 bridgehead atoms. The maximum atomic E-state index is 12.2. The van der Waals surface area contributed by atoms with Crippen LogP contribution in [0.4, 0.5) is 11.4 Å². The Balaban J connectivity index is 1.80. The second kappa shape index (κ2) is 11.1. The fourth-order valence-electron chi connectivity index (χ4n) is 3.22. The number of nitrogens with one attached hydrogen (secondary N) is 2. The predicted molar refractivity (Wildman–Crippen MR) is 130 cm³/mol. The number of amides is 1. The van der Waals surface area contributed by atoms with E-state index in [2.05, 4.69) is 32.3 Å². The number of carbonyl (C=O) groups excluding carboxylic acids is 1. The Morgan fingerprint density at radius 1 is 1.24 bits per heavy atom. The van der Waals surface area contributed by atoms with E-state index in [9.17, 15) is 4.79 Å². The van der Waals surface area contributed by atoms with Crippen LogP contribution in [-0.2, 0) is 11.3 Å². The summed E-state index contributed by atoms with van der Waals surface area (Å²) in [6, 6.07) is 11.3. The molecule has 0 aliphatic heterocycles. The number of hydrogen-bond acceptors (Lipinski definition) is 6. The third-order valence-corrected chi connectivity index (χ3v) is 4.86. The third kappa shape index (κ3) is 6.05. The Kier molecular flexibility index (Phi) is 7.93. The Labute approximate surface area is 192 Å². The summed E-state index contributed by atoms with van der Waals surface area (Å²) in [4.78, 5) is 24.9. The summed E-state index contributed by atoms with van der Waals surface area (Å²) in [6.07, 6.45) is 3.44. The van der Waals surface area contributed by atoms with Crippen molar-refractivity contribution >= 4 is 29.8 Å². The van der Waals surface area contributed by atoms with E-state index in [-0.39, 0.29) is 25.6 Å². The van der Waals surface area contributed by atoms with Crippen molar-refractivity contribution in [3.63, 3.8) is 0 Å². The highest BCUT2D eigenvalue weighted by atomic mass is 16.5. The van der Waals surface area contributed by atoms with Crippen molar-refractivity contribution in [2.45, 2.75) is 20.4 Å². The second-order valence-electron chi connectivity index (χ2n) is 7.32. The Hall–Kier alpha value is -3.98. The molecule has 1 amide bonds. The lowest BCUT2D eigenvalue weighted by molar-refractivity contribution is -0.121. The summed E-state index contributed by atoms with van der Waals surface area (Å²) in [6.45, 7) is 7.64. The number of benzene rings is 1. The van der Waals surface area contributed by atoms with E-state index in [1.807, 2.05) is 44.2 Å². The second-order valence-corrected chi connectivity index (χ2v) is 7.32. The average Bonchev–Trinajstić information content (AvgIpc) is 3.21. The monoisotopic (exact) mass is 448 g/mol. The molecule has 33 heavy (non-hydrogen) atoms. The van der Waals surface area contributed by atoms with E-state index in [0.29, 0.717) is 23.0 Å². The molecular weight excluding hydrogens is 420 g/mol. The number of aliphatic hydroxyl groups excluding tert-OH is 1. The van der Waals surface area contributed by atoms with Crippen LogP contribution in [0.1, 0.15) is 17.0 Å². The van der Waals surface area contributed by atoms with Gasteiger partial charge in [0, 0.05) is 31.2 Å². The summed E-state index contributed by atoms with van der Waals surface area (Å²) in [7, 11) is 1.66. The molecule has 0 atom stereocenters. The van der Waals surface area contributed by atoms with Gasteiger partial charge in [-0.3, -0.25) is 19.8 Å². The van der Waals surface area contributed by atoms with Crippen molar-refractivity contribution in [2.24, 2.45) is 9.98 Å². The van der Waals surface area contributed by atoms with Gasteiger partial charge in [-0.15, -0.1) is 0 Å². The maximum absolute atomic E-state index is 12.2. The number of anilines is 1. The van der Waals surface area contributed by atoms with Gasteiger partial charge in [-0.25, -0.2) is 0 Å². The van der Waals surface area contributed by atoms with Crippen molar-refractivity contribution in [1.29, 1.82) is 0 Å². The summed E-state index contributed by atoms with van der Waals surface area (Å²) in [5.41, 5.74) is 3.89. The highest BCUT2D eigenvalue weighted by molar-refractivity contribution is 6.10. The van der Waals surface area contributed by atoms with Crippen molar-refractivity contribution in [1.82, 2.24) is 14.9 Å². The SMILES string of the molecule is C=Nc1ccn(CC(=O)NCCO)c1C(=NC)Nc1ccc(Oc2ccc(C)nc2)c(C)c1. The predicted octanol–water partition coefficient (Wildman–Crippen LogP) is 3.22. The zero-order valence-corrected chi connectivity index (χ0v) is 19.0. The fraction of sp³-hybridized carbons (Fsp3) is 0.250. The first kappa shape index (κ1) is 23.7. The topological polar surface area (TPSA) is 113 Å². The minimum Gasteiger partial charge on any atom is -0.455 e. The van der Waals surface area contributed by atoms with E-state index in [1.165, 1.54) is 0 Å². The molecule has 0 aliphatic carbocycles. The third-order valence-electron chi connectivity index (χ3n) is 4.86. The first-order valence-corrected chi connectivity index (χ1v) is 10.4. The minimum atomic E-state index is -0.227. The molecule has 3 N–H and O–H groups in total. The number of nitrogens with zero attached hydrogens (tertiary/aromatic N) is 4. The van der Waals surface area contributed by atoms with Crippen LogP contribution in [0.25, 0.3) is 0 Å². The molecule has 0 radical (unpaired) electrons. The minimum absolute atomic E-state index is 0.0575. The number of pyridine rings is 1. The number of rotatable bonds is 9. The first-order chi connectivity index (χ1) is 15.9. The number of aryl methyl sites for hydroxylation is 2. The molecule has 1 aromatic carbocycles. The van der Waals surface area contributed by atoms with Crippen LogP contribution in [0, 0.1) is 13.8 Å². The van der Waals surface area contributed by atoms with Gasteiger partial charge in [0.15, 0.2) is 5.84 Å². The zero-order chi connectivity index (χ0) is 23.8. The highest BCUT2D eigenvalue weighted by Crippen LogP contribution is 2.28. The molecule has 0 saturated carbocycles. The number of ether oxygens (including phenoxy) is 1. The van der Waals surface area contributed by atoms with Crippen molar-refractivity contribution < 1.29 is 14.6 Å². The number of amidine groups is 1. The molecule has 2 aromatic heterocycles. The quantitative estimate of drug-likeness (QED) is 0.344. The molecule has 3 aromatic rings. The van der Waals surface area contributed by atoms with Gasteiger partial charge in [0.05, 0.1) is 18.5 Å². The van der Waals surface area contributed by atoms with Gasteiger partial charge in [0.25, 0.3) is 0 Å². The van der Waals surface area contributed by atoms with Crippen LogP contribution < -0.4 is 15.4 Å². The molecule has 9 nitrogen and oxygen atoms in total. The summed E-state index contributed by atoms with van der Waals surface area (Å²) in [5.74, 6) is 1.70. The number of aliphatic hydroxyl groups is 1. The zero-order valence-electron chi connectivity index (χ0n) is 19.0. The molecule has 9 heteroatoms. The lowest BCUT2D eigenvalue weighted by Crippen LogP contribution is -2.31. The highest BCUT2D eigenvalue weighted by Gasteiger charge is 2.17. The summed E-state index contributed by atoms with van der Waals surface area (Å²) in [5, 5.41) is 14.9. The van der Waals surface area contributed by atoms with E-state index < -0.39 is 0 Å². The van der Waals surface area contributed by atoms with Gasteiger partial charge in [-0.1, -0.05) is 0 Å². The van der Waals surface area contributed by atoms with Gasteiger partial charge in [-0.2, -0.15) is 0 Å². The van der Waals surface area contributed by atoms with Crippen molar-refractivity contribution in [3.05, 3.63) is 65.7 Å². The van der Waals surface area contributed by atoms with Gasteiger partial charge >= 0.3 is 0 Å². The van der Waals surface area contributed by atoms with E-state index in [4.69, 9.17) is 9.84 Å². The van der Waals surface area contributed by atoms with Crippen LogP contribution in [0.3, 0.4) is 0 Å². The maximum Gasteiger partial charge on any atom is 0.240 e. The van der Waals surface area contributed by atoms with E-state index >= 15 is 0 Å². The van der Waals surface area contributed by atoms with E-state index in [1.54, 1.807) is 30.1 Å². The molecule has 0 saturated heterocycles. The normalized spacial score (nSPS) is 11.2. The number of carbonyl (C=O) groups is 1. The Morgan fingerprint density at radius 2 is 2.06 bits per heavy atom. The average molecular weight is 449 g/mol. The molecule has 0 aliphatic rings.